The van der Waals surface area contributed by atoms with Crippen molar-refractivity contribution >= 4 is 46.7 Å². The molecule has 3 rings (SSSR count). The van der Waals surface area contributed by atoms with E-state index in [0.717, 1.165) is 0 Å². The number of furan rings is 1. The van der Waals surface area contributed by atoms with Crippen LogP contribution in [-0.4, -0.2) is 15.6 Å². The molecule has 0 aliphatic rings. The average Bonchev–Trinajstić information content (AvgIpc) is 3.20. The molecule has 0 aliphatic heterocycles. The maximum Gasteiger partial charge on any atom is 0.207 e. The van der Waals surface area contributed by atoms with Crippen LogP contribution in [0.2, 0.25) is 15.1 Å². The summed E-state index contributed by atoms with van der Waals surface area (Å²) >= 11 is 18.0. The molecule has 1 aromatic carbocycles. The van der Waals surface area contributed by atoms with Gasteiger partial charge in [0.05, 0.1) is 10.0 Å². The summed E-state index contributed by atoms with van der Waals surface area (Å²) in [5, 5.41) is 5.08. The summed E-state index contributed by atoms with van der Waals surface area (Å²) in [5.41, 5.74) is 0.191. The zero-order valence-corrected chi connectivity index (χ0v) is 15.8. The van der Waals surface area contributed by atoms with E-state index < -0.39 is 0 Å². The molecule has 0 bridgehead atoms. The fraction of sp³-hybridized carbons (Fsp3) is 0.111. The van der Waals surface area contributed by atoms with E-state index in [2.05, 4.69) is 5.10 Å². The molecule has 3 aromatic rings. The van der Waals surface area contributed by atoms with Gasteiger partial charge < -0.3 is 9.15 Å². The van der Waals surface area contributed by atoms with Crippen LogP contribution in [0.5, 0.6) is 5.75 Å². The summed E-state index contributed by atoms with van der Waals surface area (Å²) in [6.07, 6.45) is 4.46. The first-order valence-electron chi connectivity index (χ1n) is 7.51. The predicted octanol–water partition coefficient (Wildman–Crippen LogP) is 5.45. The van der Waals surface area contributed by atoms with Crippen LogP contribution in [0.15, 0.2) is 47.0 Å². The summed E-state index contributed by atoms with van der Waals surface area (Å²) in [6, 6.07) is 8.61. The number of allylic oxidation sites excluding steroid dienone is 1. The number of rotatable bonds is 6. The number of aromatic nitrogens is 2. The molecule has 5 nitrogen and oxygen atoms in total. The summed E-state index contributed by atoms with van der Waals surface area (Å²) in [6.45, 7) is 0.175. The Balaban J connectivity index is 1.63. The van der Waals surface area contributed by atoms with Gasteiger partial charge in [0.1, 0.15) is 28.9 Å². The summed E-state index contributed by atoms with van der Waals surface area (Å²) in [7, 11) is 1.69. The van der Waals surface area contributed by atoms with Crippen molar-refractivity contribution < 1.29 is 13.9 Å². The lowest BCUT2D eigenvalue weighted by atomic mass is 10.2. The smallest absolute Gasteiger partial charge is 0.207 e. The third-order valence-electron chi connectivity index (χ3n) is 3.39. The van der Waals surface area contributed by atoms with Crippen molar-refractivity contribution in [1.29, 1.82) is 0 Å². The second kappa shape index (κ2) is 7.99. The van der Waals surface area contributed by atoms with Gasteiger partial charge in [-0.3, -0.25) is 9.48 Å². The predicted molar refractivity (Wildman–Crippen MR) is 101 cm³/mol. The second-order valence-electron chi connectivity index (χ2n) is 5.34. The fourth-order valence-electron chi connectivity index (χ4n) is 2.17. The monoisotopic (exact) mass is 410 g/mol. The first kappa shape index (κ1) is 18.6. The van der Waals surface area contributed by atoms with E-state index >= 15 is 0 Å². The van der Waals surface area contributed by atoms with Gasteiger partial charge >= 0.3 is 0 Å². The molecule has 26 heavy (non-hydrogen) atoms. The number of halogens is 3. The topological polar surface area (TPSA) is 57.3 Å². The van der Waals surface area contributed by atoms with Crippen LogP contribution in [0, 0.1) is 0 Å². The maximum absolute atomic E-state index is 12.1. The summed E-state index contributed by atoms with van der Waals surface area (Å²) in [5.74, 6) is 1.23. The molecule has 2 heterocycles. The Morgan fingerprint density at radius 3 is 2.77 bits per heavy atom. The molecule has 0 fully saturated rings. The first-order valence-corrected chi connectivity index (χ1v) is 8.64. The van der Waals surface area contributed by atoms with Crippen molar-refractivity contribution in [2.75, 3.05) is 0 Å². The molecule has 0 unspecified atom stereocenters. The largest absolute Gasteiger partial charge is 0.484 e. The van der Waals surface area contributed by atoms with Gasteiger partial charge in [0, 0.05) is 13.2 Å². The minimum atomic E-state index is -0.310. The van der Waals surface area contributed by atoms with Crippen LogP contribution in [0.3, 0.4) is 0 Å². The van der Waals surface area contributed by atoms with Crippen LogP contribution in [0.25, 0.3) is 6.08 Å². The molecule has 2 aromatic heterocycles. The van der Waals surface area contributed by atoms with E-state index in [-0.39, 0.29) is 18.1 Å². The lowest BCUT2D eigenvalue weighted by Crippen LogP contribution is -1.98. The van der Waals surface area contributed by atoms with Crippen LogP contribution < -0.4 is 4.74 Å². The van der Waals surface area contributed by atoms with E-state index in [1.54, 1.807) is 49.7 Å². The molecule has 0 spiro atoms. The molecular formula is C18H13Cl3N2O3. The SMILES string of the molecule is Cn1cc(Cl)c(C(=O)/C=C/c2ccc(COc3cccc(Cl)c3Cl)o2)n1. The van der Waals surface area contributed by atoms with Crippen molar-refractivity contribution in [3.05, 3.63) is 74.9 Å². The quantitative estimate of drug-likeness (QED) is 0.400. The number of carbonyl (C=O) groups excluding carboxylic acids is 1. The molecule has 0 N–H and O–H groups in total. The van der Waals surface area contributed by atoms with Crippen LogP contribution in [0.4, 0.5) is 0 Å². The highest BCUT2D eigenvalue weighted by Crippen LogP contribution is 2.32. The molecule has 0 radical (unpaired) electrons. The number of aryl methyl sites for hydroxylation is 1. The third kappa shape index (κ3) is 4.30. The van der Waals surface area contributed by atoms with Gasteiger partial charge in [-0.05, 0) is 36.4 Å². The Morgan fingerprint density at radius 2 is 2.04 bits per heavy atom. The summed E-state index contributed by atoms with van der Waals surface area (Å²) < 4.78 is 12.7. The molecule has 8 heteroatoms. The number of benzene rings is 1. The van der Waals surface area contributed by atoms with E-state index in [0.29, 0.717) is 32.3 Å². The minimum Gasteiger partial charge on any atom is -0.484 e. The molecule has 0 aliphatic carbocycles. The van der Waals surface area contributed by atoms with Crippen molar-refractivity contribution in [3.8, 4) is 5.75 Å². The van der Waals surface area contributed by atoms with Gasteiger partial charge in [-0.15, -0.1) is 0 Å². The standard InChI is InChI=1S/C18H13Cl3N2O3/c1-23-9-14(20)18(22-23)15(24)8-7-11-5-6-12(26-11)10-25-16-4-2-3-13(19)17(16)21/h2-9H,10H2,1H3/b8-7+. The highest BCUT2D eigenvalue weighted by atomic mass is 35.5. The molecule has 0 amide bonds. The van der Waals surface area contributed by atoms with E-state index in [4.69, 9.17) is 44.0 Å². The zero-order chi connectivity index (χ0) is 18.7. The summed E-state index contributed by atoms with van der Waals surface area (Å²) in [4.78, 5) is 12.1. The minimum absolute atomic E-state index is 0.175. The number of nitrogens with zero attached hydrogens (tertiary/aromatic N) is 2. The van der Waals surface area contributed by atoms with Gasteiger partial charge in [0.15, 0.2) is 5.69 Å². The van der Waals surface area contributed by atoms with Gasteiger partial charge in [-0.2, -0.15) is 5.10 Å². The van der Waals surface area contributed by atoms with Gasteiger partial charge in [0.25, 0.3) is 0 Å². The fourth-order valence-corrected chi connectivity index (χ4v) is 2.79. The second-order valence-corrected chi connectivity index (χ2v) is 6.53. The molecule has 0 saturated carbocycles. The third-order valence-corrected chi connectivity index (χ3v) is 4.46. The Bertz CT molecular complexity index is 976. The van der Waals surface area contributed by atoms with E-state index in [9.17, 15) is 4.79 Å². The Kier molecular flexibility index (Phi) is 5.71. The maximum atomic E-state index is 12.1. The normalized spacial score (nSPS) is 11.2. The Hall–Kier alpha value is -2.21. The number of hydrogen-bond donors (Lipinski definition) is 0. The van der Waals surface area contributed by atoms with Crippen LogP contribution >= 0.6 is 34.8 Å². The average molecular weight is 412 g/mol. The Labute approximate surface area is 164 Å². The number of ketones is 1. The Morgan fingerprint density at radius 1 is 1.23 bits per heavy atom. The van der Waals surface area contributed by atoms with Crippen molar-refractivity contribution in [2.45, 2.75) is 6.61 Å². The lowest BCUT2D eigenvalue weighted by molar-refractivity contribution is 0.104. The highest BCUT2D eigenvalue weighted by molar-refractivity contribution is 6.42. The van der Waals surface area contributed by atoms with Crippen molar-refractivity contribution in [2.24, 2.45) is 7.05 Å². The lowest BCUT2D eigenvalue weighted by Gasteiger charge is -2.06. The number of hydrogen-bond acceptors (Lipinski definition) is 4. The molecule has 0 saturated heterocycles. The van der Waals surface area contributed by atoms with Gasteiger partial charge in [0.2, 0.25) is 5.78 Å². The number of carbonyl (C=O) groups is 1. The number of ether oxygens (including phenoxy) is 1. The highest BCUT2D eigenvalue weighted by Gasteiger charge is 2.12. The first-order chi connectivity index (χ1) is 12.4. The molecule has 0 atom stereocenters. The van der Waals surface area contributed by atoms with E-state index in [1.165, 1.54) is 10.8 Å². The van der Waals surface area contributed by atoms with Gasteiger partial charge in [-0.25, -0.2) is 0 Å². The van der Waals surface area contributed by atoms with Gasteiger partial charge in [-0.1, -0.05) is 40.9 Å². The van der Waals surface area contributed by atoms with E-state index in [1.807, 2.05) is 0 Å². The molecular weight excluding hydrogens is 399 g/mol. The van der Waals surface area contributed by atoms with Crippen molar-refractivity contribution in [3.63, 3.8) is 0 Å². The van der Waals surface area contributed by atoms with Crippen LogP contribution in [0.1, 0.15) is 22.0 Å². The zero-order valence-electron chi connectivity index (χ0n) is 13.6. The molecule has 134 valence electrons. The van der Waals surface area contributed by atoms with Crippen molar-refractivity contribution in [1.82, 2.24) is 9.78 Å². The van der Waals surface area contributed by atoms with Crippen LogP contribution in [-0.2, 0) is 13.7 Å².